The van der Waals surface area contributed by atoms with Crippen LogP contribution in [0.3, 0.4) is 0 Å². The molecule has 0 fully saturated rings. The number of anilines is 1. The van der Waals surface area contributed by atoms with Crippen LogP contribution in [0.15, 0.2) is 45.3 Å². The summed E-state index contributed by atoms with van der Waals surface area (Å²) in [6.45, 7) is 1.89. The SMILES string of the molecule is CC(Nc1ccc(Br)cc1F)c1ccc(F)cc1Br. The first-order valence-electron chi connectivity index (χ1n) is 5.64. The summed E-state index contributed by atoms with van der Waals surface area (Å²) in [5.74, 6) is -0.642. The van der Waals surface area contributed by atoms with E-state index < -0.39 is 0 Å². The molecule has 2 rings (SSSR count). The lowest BCUT2D eigenvalue weighted by Crippen LogP contribution is -2.08. The largest absolute Gasteiger partial charge is 0.376 e. The van der Waals surface area contributed by atoms with Crippen molar-refractivity contribution in [2.24, 2.45) is 0 Å². The summed E-state index contributed by atoms with van der Waals surface area (Å²) < 4.78 is 28.1. The second-order valence-electron chi connectivity index (χ2n) is 4.16. The molecule has 19 heavy (non-hydrogen) atoms. The Kier molecular flexibility index (Phi) is 4.58. The van der Waals surface area contributed by atoms with E-state index in [0.29, 0.717) is 14.6 Å². The number of nitrogens with one attached hydrogen (secondary N) is 1. The van der Waals surface area contributed by atoms with Gasteiger partial charge in [0.15, 0.2) is 0 Å². The van der Waals surface area contributed by atoms with E-state index in [2.05, 4.69) is 37.2 Å². The molecule has 1 atom stereocenters. The first kappa shape index (κ1) is 14.5. The Bertz CT molecular complexity index is 602. The molecule has 2 aromatic carbocycles. The highest BCUT2D eigenvalue weighted by Crippen LogP contribution is 2.28. The summed E-state index contributed by atoms with van der Waals surface area (Å²) in [6, 6.07) is 9.13. The molecule has 1 unspecified atom stereocenters. The summed E-state index contributed by atoms with van der Waals surface area (Å²) in [5.41, 5.74) is 1.27. The van der Waals surface area contributed by atoms with E-state index in [-0.39, 0.29) is 17.7 Å². The molecule has 0 heterocycles. The zero-order valence-electron chi connectivity index (χ0n) is 10.1. The van der Waals surface area contributed by atoms with Gasteiger partial charge in [0.1, 0.15) is 11.6 Å². The number of rotatable bonds is 3. The van der Waals surface area contributed by atoms with E-state index in [4.69, 9.17) is 0 Å². The smallest absolute Gasteiger partial charge is 0.147 e. The van der Waals surface area contributed by atoms with Gasteiger partial charge in [-0.05, 0) is 42.8 Å². The monoisotopic (exact) mass is 389 g/mol. The van der Waals surface area contributed by atoms with Crippen LogP contribution in [-0.4, -0.2) is 0 Å². The van der Waals surface area contributed by atoms with Crippen molar-refractivity contribution >= 4 is 37.5 Å². The minimum atomic E-state index is -0.334. The van der Waals surface area contributed by atoms with Crippen molar-refractivity contribution in [3.63, 3.8) is 0 Å². The zero-order valence-corrected chi connectivity index (χ0v) is 13.2. The Balaban J connectivity index is 2.23. The van der Waals surface area contributed by atoms with Gasteiger partial charge in [0.05, 0.1) is 5.69 Å². The maximum absolute atomic E-state index is 13.7. The van der Waals surface area contributed by atoms with Crippen LogP contribution in [0.25, 0.3) is 0 Å². The highest BCUT2D eigenvalue weighted by atomic mass is 79.9. The Labute approximate surface area is 127 Å². The fraction of sp³-hybridized carbons (Fsp3) is 0.143. The van der Waals surface area contributed by atoms with E-state index in [1.165, 1.54) is 18.2 Å². The van der Waals surface area contributed by atoms with Crippen LogP contribution in [0.4, 0.5) is 14.5 Å². The normalized spacial score (nSPS) is 12.3. The highest BCUT2D eigenvalue weighted by Gasteiger charge is 2.12. The third-order valence-electron chi connectivity index (χ3n) is 2.73. The molecule has 0 aromatic heterocycles. The lowest BCUT2D eigenvalue weighted by Gasteiger charge is -2.17. The van der Waals surface area contributed by atoms with Gasteiger partial charge in [0.2, 0.25) is 0 Å². The molecule has 1 N–H and O–H groups in total. The van der Waals surface area contributed by atoms with Crippen LogP contribution in [-0.2, 0) is 0 Å². The lowest BCUT2D eigenvalue weighted by atomic mass is 10.1. The third kappa shape index (κ3) is 3.54. The molecule has 2 aromatic rings. The highest BCUT2D eigenvalue weighted by molar-refractivity contribution is 9.10. The van der Waals surface area contributed by atoms with Gasteiger partial charge in [-0.1, -0.05) is 37.9 Å². The van der Waals surface area contributed by atoms with Crippen LogP contribution in [0.1, 0.15) is 18.5 Å². The quantitative estimate of drug-likeness (QED) is 0.712. The fourth-order valence-corrected chi connectivity index (χ4v) is 2.80. The van der Waals surface area contributed by atoms with Gasteiger partial charge in [0.25, 0.3) is 0 Å². The van der Waals surface area contributed by atoms with Crippen molar-refractivity contribution in [3.05, 3.63) is 62.5 Å². The molecule has 0 aliphatic heterocycles. The lowest BCUT2D eigenvalue weighted by molar-refractivity contribution is 0.622. The Morgan fingerprint density at radius 1 is 1.05 bits per heavy atom. The summed E-state index contributed by atoms with van der Waals surface area (Å²) in [7, 11) is 0. The minimum Gasteiger partial charge on any atom is -0.376 e. The predicted molar refractivity (Wildman–Crippen MR) is 80.2 cm³/mol. The average Bonchev–Trinajstić information content (AvgIpc) is 2.32. The van der Waals surface area contributed by atoms with Crippen LogP contribution in [0, 0.1) is 11.6 Å². The third-order valence-corrected chi connectivity index (χ3v) is 3.91. The van der Waals surface area contributed by atoms with Gasteiger partial charge < -0.3 is 5.32 Å². The molecule has 0 saturated carbocycles. The van der Waals surface area contributed by atoms with Gasteiger partial charge >= 0.3 is 0 Å². The van der Waals surface area contributed by atoms with Gasteiger partial charge in [0, 0.05) is 15.0 Å². The van der Waals surface area contributed by atoms with Gasteiger partial charge in [-0.3, -0.25) is 0 Å². The Morgan fingerprint density at radius 2 is 1.79 bits per heavy atom. The number of halogens is 4. The molecule has 0 spiro atoms. The fourth-order valence-electron chi connectivity index (χ4n) is 1.77. The first-order chi connectivity index (χ1) is 8.97. The van der Waals surface area contributed by atoms with E-state index in [1.807, 2.05) is 6.92 Å². The molecule has 1 nitrogen and oxygen atoms in total. The first-order valence-corrected chi connectivity index (χ1v) is 7.22. The Hall–Kier alpha value is -0.940. The van der Waals surface area contributed by atoms with Gasteiger partial charge in [-0.15, -0.1) is 0 Å². The van der Waals surface area contributed by atoms with E-state index in [1.54, 1.807) is 18.2 Å². The van der Waals surface area contributed by atoms with Gasteiger partial charge in [-0.25, -0.2) is 8.78 Å². The molecule has 0 amide bonds. The molecular formula is C14H11Br2F2N. The molecule has 0 bridgehead atoms. The van der Waals surface area contributed by atoms with E-state index in [9.17, 15) is 8.78 Å². The summed E-state index contributed by atoms with van der Waals surface area (Å²) >= 11 is 6.52. The number of hydrogen-bond donors (Lipinski definition) is 1. The molecule has 0 saturated heterocycles. The maximum Gasteiger partial charge on any atom is 0.147 e. The molecule has 100 valence electrons. The topological polar surface area (TPSA) is 12.0 Å². The second-order valence-corrected chi connectivity index (χ2v) is 5.93. The summed E-state index contributed by atoms with van der Waals surface area (Å²) in [4.78, 5) is 0. The van der Waals surface area contributed by atoms with Crippen LogP contribution >= 0.6 is 31.9 Å². The van der Waals surface area contributed by atoms with Crippen molar-refractivity contribution in [2.45, 2.75) is 13.0 Å². The Morgan fingerprint density at radius 3 is 2.42 bits per heavy atom. The van der Waals surface area contributed by atoms with Crippen molar-refractivity contribution < 1.29 is 8.78 Å². The second kappa shape index (κ2) is 6.01. The predicted octanol–water partition coefficient (Wildman–Crippen LogP) is 5.66. The number of benzene rings is 2. The van der Waals surface area contributed by atoms with Crippen molar-refractivity contribution in [3.8, 4) is 0 Å². The zero-order chi connectivity index (χ0) is 14.0. The molecule has 0 aliphatic rings. The molecule has 5 heteroatoms. The van der Waals surface area contributed by atoms with Crippen LogP contribution < -0.4 is 5.32 Å². The molecule has 0 radical (unpaired) electrons. The molecular weight excluding hydrogens is 380 g/mol. The van der Waals surface area contributed by atoms with Crippen molar-refractivity contribution in [1.82, 2.24) is 0 Å². The van der Waals surface area contributed by atoms with Crippen LogP contribution in [0.2, 0.25) is 0 Å². The van der Waals surface area contributed by atoms with Crippen LogP contribution in [0.5, 0.6) is 0 Å². The summed E-state index contributed by atoms with van der Waals surface area (Å²) in [5, 5.41) is 3.07. The summed E-state index contributed by atoms with van der Waals surface area (Å²) in [6.07, 6.45) is 0. The van der Waals surface area contributed by atoms with Crippen molar-refractivity contribution in [1.29, 1.82) is 0 Å². The van der Waals surface area contributed by atoms with Gasteiger partial charge in [-0.2, -0.15) is 0 Å². The number of hydrogen-bond acceptors (Lipinski definition) is 1. The minimum absolute atomic E-state index is 0.148. The average molecular weight is 391 g/mol. The van der Waals surface area contributed by atoms with E-state index >= 15 is 0 Å². The molecule has 0 aliphatic carbocycles. The maximum atomic E-state index is 13.7. The standard InChI is InChI=1S/C14H11Br2F2N/c1-8(11-4-3-10(17)7-12(11)16)19-14-5-2-9(15)6-13(14)18/h2-8,19H,1H3. The van der Waals surface area contributed by atoms with Crippen molar-refractivity contribution in [2.75, 3.05) is 5.32 Å². The van der Waals surface area contributed by atoms with E-state index in [0.717, 1.165) is 5.56 Å².